The third-order valence-electron chi connectivity index (χ3n) is 5.90. The van der Waals surface area contributed by atoms with Crippen LogP contribution in [0.1, 0.15) is 72.1 Å². The molecule has 1 heterocycles. The lowest BCUT2D eigenvalue weighted by atomic mass is 9.74. The van der Waals surface area contributed by atoms with E-state index in [2.05, 4.69) is 20.8 Å². The van der Waals surface area contributed by atoms with Crippen molar-refractivity contribution >= 4 is 17.5 Å². The molecule has 4 atom stereocenters. The zero-order valence-corrected chi connectivity index (χ0v) is 14.6. The highest BCUT2D eigenvalue weighted by atomic mass is 32.2. The van der Waals surface area contributed by atoms with E-state index >= 15 is 0 Å². The monoisotopic (exact) mass is 310 g/mol. The second-order valence-electron chi connectivity index (χ2n) is 7.99. The van der Waals surface area contributed by atoms with E-state index in [0.717, 1.165) is 25.2 Å². The molecule has 0 N–H and O–H groups in total. The van der Waals surface area contributed by atoms with E-state index in [0.29, 0.717) is 17.8 Å². The molecule has 0 aromatic carbocycles. The number of hydrogen-bond acceptors (Lipinski definition) is 3. The molecule has 3 aliphatic rings. The smallest absolute Gasteiger partial charge is 0.174 e. The fourth-order valence-corrected chi connectivity index (χ4v) is 6.03. The van der Waals surface area contributed by atoms with Gasteiger partial charge < -0.3 is 4.74 Å². The van der Waals surface area contributed by atoms with Crippen LogP contribution >= 0.6 is 11.8 Å². The molecule has 21 heavy (non-hydrogen) atoms. The van der Waals surface area contributed by atoms with Crippen LogP contribution in [0.25, 0.3) is 0 Å². The van der Waals surface area contributed by atoms with Gasteiger partial charge >= 0.3 is 0 Å². The summed E-state index contributed by atoms with van der Waals surface area (Å²) in [6.07, 6.45) is 9.95. The highest BCUT2D eigenvalue weighted by molar-refractivity contribution is 8.01. The van der Waals surface area contributed by atoms with Crippen molar-refractivity contribution in [2.24, 2.45) is 17.8 Å². The zero-order chi connectivity index (χ0) is 15.0. The molecule has 0 amide bonds. The van der Waals surface area contributed by atoms with Crippen LogP contribution in [0.3, 0.4) is 0 Å². The molecule has 0 unspecified atom stereocenters. The SMILES string of the molecule is C[C@@H]1CC[C@@H]2[C@@H](C1)O[C@@H](C(=O)C1CCCCC1)SC2(C)C. The fraction of sp³-hybridized carbons (Fsp3) is 0.944. The number of hydrogen-bond donors (Lipinski definition) is 0. The van der Waals surface area contributed by atoms with Gasteiger partial charge in [0.1, 0.15) is 0 Å². The van der Waals surface area contributed by atoms with Gasteiger partial charge in [-0.1, -0.05) is 46.5 Å². The minimum Gasteiger partial charge on any atom is -0.356 e. The first-order chi connectivity index (χ1) is 9.97. The molecule has 1 aliphatic heterocycles. The number of Topliss-reactive ketones (excluding diaryl/α,β-unsaturated/α-hetero) is 1. The maximum absolute atomic E-state index is 12.9. The molecule has 0 radical (unpaired) electrons. The van der Waals surface area contributed by atoms with Gasteiger partial charge in [0.05, 0.1) is 6.10 Å². The van der Waals surface area contributed by atoms with Crippen molar-refractivity contribution in [3.8, 4) is 0 Å². The van der Waals surface area contributed by atoms with Gasteiger partial charge in [0.2, 0.25) is 0 Å². The lowest BCUT2D eigenvalue weighted by molar-refractivity contribution is -0.139. The Kier molecular flexibility index (Phi) is 4.71. The number of carbonyl (C=O) groups is 1. The van der Waals surface area contributed by atoms with Crippen molar-refractivity contribution in [2.75, 3.05) is 0 Å². The molecule has 120 valence electrons. The third-order valence-corrected chi connectivity index (χ3v) is 7.36. The molecule has 0 aromatic rings. The Bertz CT molecular complexity index is 387. The lowest BCUT2D eigenvalue weighted by Gasteiger charge is -2.50. The van der Waals surface area contributed by atoms with Gasteiger partial charge in [0, 0.05) is 10.7 Å². The molecule has 3 fully saturated rings. The Hall–Kier alpha value is -0.0200. The predicted molar refractivity (Wildman–Crippen MR) is 88.4 cm³/mol. The van der Waals surface area contributed by atoms with Crippen LogP contribution < -0.4 is 0 Å². The first kappa shape index (κ1) is 15.9. The number of fused-ring (bicyclic) bond motifs is 1. The Morgan fingerprint density at radius 3 is 2.52 bits per heavy atom. The van der Waals surface area contributed by atoms with Crippen LogP contribution in [0.5, 0.6) is 0 Å². The van der Waals surface area contributed by atoms with E-state index in [4.69, 9.17) is 4.74 Å². The molecule has 3 heteroatoms. The molecular formula is C18H30O2S. The second-order valence-corrected chi connectivity index (χ2v) is 9.71. The van der Waals surface area contributed by atoms with Gasteiger partial charge in [-0.25, -0.2) is 0 Å². The van der Waals surface area contributed by atoms with E-state index in [1.807, 2.05) is 0 Å². The van der Waals surface area contributed by atoms with E-state index in [1.165, 1.54) is 32.1 Å². The number of rotatable bonds is 2. The Morgan fingerprint density at radius 1 is 1.10 bits per heavy atom. The van der Waals surface area contributed by atoms with Gasteiger partial charge in [0.25, 0.3) is 0 Å². The van der Waals surface area contributed by atoms with Gasteiger partial charge in [-0.05, 0) is 37.5 Å². The molecule has 0 bridgehead atoms. The van der Waals surface area contributed by atoms with E-state index < -0.39 is 0 Å². The molecule has 2 saturated carbocycles. The van der Waals surface area contributed by atoms with Crippen LogP contribution in [-0.2, 0) is 9.53 Å². The van der Waals surface area contributed by atoms with Crippen molar-refractivity contribution < 1.29 is 9.53 Å². The molecule has 2 aliphatic carbocycles. The molecule has 1 saturated heterocycles. The fourth-order valence-electron chi connectivity index (χ4n) is 4.53. The Morgan fingerprint density at radius 2 is 1.81 bits per heavy atom. The summed E-state index contributed by atoms with van der Waals surface area (Å²) >= 11 is 1.81. The van der Waals surface area contributed by atoms with Crippen molar-refractivity contribution in [3.63, 3.8) is 0 Å². The van der Waals surface area contributed by atoms with E-state index in [-0.39, 0.29) is 16.1 Å². The number of ketones is 1. The minimum atomic E-state index is -0.199. The normalized spacial score (nSPS) is 40.5. The summed E-state index contributed by atoms with van der Waals surface area (Å²) < 4.78 is 6.50. The highest BCUT2D eigenvalue weighted by Crippen LogP contribution is 2.51. The summed E-state index contributed by atoms with van der Waals surface area (Å²) in [6, 6.07) is 0. The summed E-state index contributed by atoms with van der Waals surface area (Å²) in [7, 11) is 0. The van der Waals surface area contributed by atoms with Crippen molar-refractivity contribution in [3.05, 3.63) is 0 Å². The average molecular weight is 311 g/mol. The largest absolute Gasteiger partial charge is 0.356 e. The summed E-state index contributed by atoms with van der Waals surface area (Å²) in [5.41, 5.74) is -0.199. The maximum Gasteiger partial charge on any atom is 0.174 e. The van der Waals surface area contributed by atoms with Crippen LogP contribution in [0.4, 0.5) is 0 Å². The summed E-state index contributed by atoms with van der Waals surface area (Å²) in [5, 5.41) is 0. The van der Waals surface area contributed by atoms with Crippen molar-refractivity contribution in [2.45, 2.75) is 88.4 Å². The molecule has 0 aromatic heterocycles. The van der Waals surface area contributed by atoms with Gasteiger partial charge in [-0.3, -0.25) is 4.79 Å². The molecule has 0 spiro atoms. The topological polar surface area (TPSA) is 26.3 Å². The number of carbonyl (C=O) groups excluding carboxylic acids is 1. The quantitative estimate of drug-likeness (QED) is 0.732. The zero-order valence-electron chi connectivity index (χ0n) is 13.8. The Labute approximate surface area is 133 Å². The summed E-state index contributed by atoms with van der Waals surface area (Å²) in [6.45, 7) is 6.98. The second kappa shape index (κ2) is 6.23. The van der Waals surface area contributed by atoms with Gasteiger partial charge in [-0.2, -0.15) is 0 Å². The Balaban J connectivity index is 1.70. The maximum atomic E-state index is 12.9. The molecular weight excluding hydrogens is 280 g/mol. The third kappa shape index (κ3) is 3.34. The van der Waals surface area contributed by atoms with Crippen LogP contribution in [0.15, 0.2) is 0 Å². The van der Waals surface area contributed by atoms with Gasteiger partial charge in [0.15, 0.2) is 11.2 Å². The average Bonchev–Trinajstić information content (AvgIpc) is 2.46. The predicted octanol–water partition coefficient (Wildman–Crippen LogP) is 4.81. The number of thioether (sulfide) groups is 1. The molecule has 3 rings (SSSR count). The summed E-state index contributed by atoms with van der Waals surface area (Å²) in [5.74, 6) is 2.03. The van der Waals surface area contributed by atoms with Crippen molar-refractivity contribution in [1.29, 1.82) is 0 Å². The van der Waals surface area contributed by atoms with Crippen LogP contribution in [0, 0.1) is 17.8 Å². The highest BCUT2D eigenvalue weighted by Gasteiger charge is 2.48. The van der Waals surface area contributed by atoms with Crippen LogP contribution in [-0.4, -0.2) is 22.1 Å². The van der Waals surface area contributed by atoms with Crippen LogP contribution in [0.2, 0.25) is 0 Å². The van der Waals surface area contributed by atoms with E-state index in [9.17, 15) is 4.79 Å². The first-order valence-electron chi connectivity index (χ1n) is 8.84. The van der Waals surface area contributed by atoms with Gasteiger partial charge in [-0.15, -0.1) is 11.8 Å². The standard InChI is InChI=1S/C18H30O2S/c1-12-9-10-14-15(11-12)20-17(21-18(14,2)3)16(19)13-7-5-4-6-8-13/h12-15,17H,4-11H2,1-3H3/t12-,14-,15-,17-/m1/s1. The number of ether oxygens (including phenoxy) is 1. The molecule has 2 nitrogen and oxygen atoms in total. The minimum absolute atomic E-state index is 0.179. The van der Waals surface area contributed by atoms with E-state index in [1.54, 1.807) is 11.8 Å². The van der Waals surface area contributed by atoms with Crippen molar-refractivity contribution in [1.82, 2.24) is 0 Å². The lowest BCUT2D eigenvalue weighted by Crippen LogP contribution is -2.51. The first-order valence-corrected chi connectivity index (χ1v) is 9.72. The summed E-state index contributed by atoms with van der Waals surface area (Å²) in [4.78, 5) is 12.9.